The minimum absolute atomic E-state index is 0.106. The van der Waals surface area contributed by atoms with Gasteiger partial charge in [-0.05, 0) is 55.9 Å². The highest BCUT2D eigenvalue weighted by Gasteiger charge is 2.59. The van der Waals surface area contributed by atoms with E-state index in [1.54, 1.807) is 15.8 Å². The van der Waals surface area contributed by atoms with Crippen LogP contribution in [0.25, 0.3) is 16.6 Å². The number of carbonyl (C=O) groups is 2. The quantitative estimate of drug-likeness (QED) is 0.736. The van der Waals surface area contributed by atoms with Gasteiger partial charge in [0.1, 0.15) is 0 Å². The number of hydrogen-bond acceptors (Lipinski definition) is 5. The number of aliphatic carboxylic acids is 1. The van der Waals surface area contributed by atoms with Crippen molar-refractivity contribution in [3.05, 3.63) is 47.9 Å². The third-order valence-electron chi connectivity index (χ3n) is 6.48. The Kier molecular flexibility index (Phi) is 3.90. The number of carboxylic acid groups (broad SMARTS) is 1. The summed E-state index contributed by atoms with van der Waals surface area (Å²) in [7, 11) is 0. The third kappa shape index (κ3) is 2.78. The van der Waals surface area contributed by atoms with Crippen molar-refractivity contribution >= 4 is 22.8 Å². The Balaban J connectivity index is 1.39. The second-order valence-corrected chi connectivity index (χ2v) is 8.03. The Hall–Kier alpha value is -3.29. The number of benzene rings is 1. The average molecular weight is 391 g/mol. The van der Waals surface area contributed by atoms with Gasteiger partial charge in [0.15, 0.2) is 5.69 Å². The van der Waals surface area contributed by atoms with Crippen LogP contribution in [0.5, 0.6) is 0 Å². The molecule has 29 heavy (non-hydrogen) atoms. The number of fused-ring (bicyclic) bond motifs is 1. The predicted octanol–water partition coefficient (Wildman–Crippen LogP) is 2.45. The monoisotopic (exact) mass is 391 g/mol. The summed E-state index contributed by atoms with van der Waals surface area (Å²) >= 11 is 0. The third-order valence-corrected chi connectivity index (χ3v) is 6.48. The average Bonchev–Trinajstić information content (AvgIpc) is 3.31. The summed E-state index contributed by atoms with van der Waals surface area (Å²) in [6, 6.07) is 9.62. The lowest BCUT2D eigenvalue weighted by atomic mass is 9.90. The first-order valence-electron chi connectivity index (χ1n) is 9.79. The molecular weight excluding hydrogens is 370 g/mol. The minimum Gasteiger partial charge on any atom is -0.481 e. The highest BCUT2D eigenvalue weighted by molar-refractivity contribution is 5.94. The van der Waals surface area contributed by atoms with E-state index in [4.69, 9.17) is 0 Å². The van der Waals surface area contributed by atoms with Crippen LogP contribution in [0.15, 0.2) is 36.5 Å². The van der Waals surface area contributed by atoms with Gasteiger partial charge in [-0.25, -0.2) is 4.68 Å². The molecule has 1 atom stereocenters. The molecule has 2 fully saturated rings. The molecule has 2 aliphatic rings. The molecule has 1 aliphatic heterocycles. The van der Waals surface area contributed by atoms with Crippen molar-refractivity contribution in [2.24, 2.45) is 11.3 Å². The number of amides is 1. The van der Waals surface area contributed by atoms with Gasteiger partial charge in [-0.1, -0.05) is 11.3 Å². The topological polar surface area (TPSA) is 101 Å². The first kappa shape index (κ1) is 17.8. The van der Waals surface area contributed by atoms with Crippen LogP contribution in [0.2, 0.25) is 0 Å². The van der Waals surface area contributed by atoms with E-state index < -0.39 is 5.97 Å². The van der Waals surface area contributed by atoms with Crippen LogP contribution in [0.4, 0.5) is 0 Å². The van der Waals surface area contributed by atoms with Gasteiger partial charge in [0.2, 0.25) is 0 Å². The van der Waals surface area contributed by atoms with E-state index in [1.807, 2.05) is 37.3 Å². The van der Waals surface area contributed by atoms with Crippen LogP contribution >= 0.6 is 0 Å². The summed E-state index contributed by atoms with van der Waals surface area (Å²) in [6.07, 6.45) is 3.94. The number of piperidine rings is 1. The normalized spacial score (nSPS) is 20.2. The molecule has 1 unspecified atom stereocenters. The predicted molar refractivity (Wildman–Crippen MR) is 105 cm³/mol. The van der Waals surface area contributed by atoms with Gasteiger partial charge < -0.3 is 10.0 Å². The van der Waals surface area contributed by atoms with Gasteiger partial charge in [0, 0.05) is 24.7 Å². The van der Waals surface area contributed by atoms with Gasteiger partial charge in [-0.15, -0.1) is 5.10 Å². The summed E-state index contributed by atoms with van der Waals surface area (Å²) in [5.74, 6) is -1.11. The Morgan fingerprint density at radius 3 is 2.69 bits per heavy atom. The van der Waals surface area contributed by atoms with Crippen molar-refractivity contribution in [1.82, 2.24) is 24.9 Å². The second kappa shape index (κ2) is 6.37. The van der Waals surface area contributed by atoms with Crippen molar-refractivity contribution in [2.45, 2.75) is 26.2 Å². The molecule has 0 radical (unpaired) electrons. The summed E-state index contributed by atoms with van der Waals surface area (Å²) in [5, 5.41) is 18.6. The maximum atomic E-state index is 13.1. The number of nitrogens with zero attached hydrogens (tertiary/aromatic N) is 5. The molecule has 5 rings (SSSR count). The second-order valence-electron chi connectivity index (χ2n) is 8.03. The van der Waals surface area contributed by atoms with Crippen LogP contribution in [0.3, 0.4) is 0 Å². The van der Waals surface area contributed by atoms with E-state index in [2.05, 4.69) is 15.3 Å². The van der Waals surface area contributed by atoms with E-state index in [-0.39, 0.29) is 17.2 Å². The molecule has 3 aromatic rings. The Labute approximate surface area is 167 Å². The first-order valence-corrected chi connectivity index (χ1v) is 9.79. The number of pyridine rings is 1. The molecule has 1 saturated carbocycles. The van der Waals surface area contributed by atoms with Crippen molar-refractivity contribution in [1.29, 1.82) is 0 Å². The van der Waals surface area contributed by atoms with Crippen molar-refractivity contribution in [2.75, 3.05) is 13.1 Å². The van der Waals surface area contributed by atoms with Crippen LogP contribution in [-0.4, -0.2) is 55.0 Å². The van der Waals surface area contributed by atoms with E-state index in [0.29, 0.717) is 24.5 Å². The zero-order valence-electron chi connectivity index (χ0n) is 16.1. The number of carbonyl (C=O) groups excluding carboxylic acids is 1. The van der Waals surface area contributed by atoms with Gasteiger partial charge in [0.25, 0.3) is 5.91 Å². The van der Waals surface area contributed by atoms with Gasteiger partial charge in [0.05, 0.1) is 22.8 Å². The molecule has 1 amide bonds. The fourth-order valence-electron chi connectivity index (χ4n) is 4.58. The zero-order valence-corrected chi connectivity index (χ0v) is 16.1. The summed E-state index contributed by atoms with van der Waals surface area (Å²) in [4.78, 5) is 30.4. The highest BCUT2D eigenvalue weighted by atomic mass is 16.4. The molecule has 8 heteroatoms. The fraction of sp³-hybridized carbons (Fsp3) is 0.381. The molecule has 1 spiro atoms. The van der Waals surface area contributed by atoms with Gasteiger partial charge in [-0.2, -0.15) is 0 Å². The Bertz CT molecular complexity index is 1130. The molecule has 0 bridgehead atoms. The van der Waals surface area contributed by atoms with Gasteiger partial charge in [-0.3, -0.25) is 14.6 Å². The smallest absolute Gasteiger partial charge is 0.307 e. The molecule has 1 N–H and O–H groups in total. The molecule has 1 saturated heterocycles. The highest BCUT2D eigenvalue weighted by Crippen LogP contribution is 2.59. The molecule has 8 nitrogen and oxygen atoms in total. The molecule has 148 valence electrons. The minimum atomic E-state index is -0.715. The lowest BCUT2D eigenvalue weighted by Gasteiger charge is -2.32. The van der Waals surface area contributed by atoms with Crippen LogP contribution in [-0.2, 0) is 4.79 Å². The molecule has 2 aromatic heterocycles. The van der Waals surface area contributed by atoms with E-state index in [0.717, 1.165) is 35.9 Å². The van der Waals surface area contributed by atoms with Crippen molar-refractivity contribution < 1.29 is 14.7 Å². The number of carboxylic acids is 1. The summed E-state index contributed by atoms with van der Waals surface area (Å²) in [5.41, 5.74) is 2.60. The lowest BCUT2D eigenvalue weighted by molar-refractivity contribution is -0.139. The number of hydrogen-bond donors (Lipinski definition) is 1. The molecule has 3 heterocycles. The number of likely N-dealkylation sites (tertiary alicyclic amines) is 1. The number of aromatic nitrogens is 4. The summed E-state index contributed by atoms with van der Waals surface area (Å²) in [6.45, 7) is 2.97. The van der Waals surface area contributed by atoms with E-state index in [9.17, 15) is 14.7 Å². The number of rotatable bonds is 3. The van der Waals surface area contributed by atoms with Crippen LogP contribution in [0, 0.1) is 18.3 Å². The molecule has 1 aliphatic carbocycles. The van der Waals surface area contributed by atoms with E-state index in [1.165, 1.54) is 0 Å². The first-order chi connectivity index (χ1) is 14.0. The van der Waals surface area contributed by atoms with Crippen LogP contribution in [0.1, 0.15) is 35.4 Å². The maximum absolute atomic E-state index is 13.1. The van der Waals surface area contributed by atoms with Gasteiger partial charge >= 0.3 is 5.97 Å². The Morgan fingerprint density at radius 1 is 1.17 bits per heavy atom. The SMILES string of the molecule is Cc1c(C(=O)N2CCC3(CC2)CC3C(=O)O)nnn1-c1cccc2ncccc12. The van der Waals surface area contributed by atoms with E-state index >= 15 is 0 Å². The van der Waals surface area contributed by atoms with Crippen molar-refractivity contribution in [3.8, 4) is 5.69 Å². The molecular formula is C21H21N5O3. The largest absolute Gasteiger partial charge is 0.481 e. The zero-order chi connectivity index (χ0) is 20.2. The van der Waals surface area contributed by atoms with Crippen molar-refractivity contribution in [3.63, 3.8) is 0 Å². The standard InChI is InChI=1S/C21H21N5O3/c1-13-18(19(27)25-10-7-21(8-11-25)12-15(21)20(28)29)23-24-26(13)17-6-2-5-16-14(17)4-3-9-22-16/h2-6,9,15H,7-8,10-12H2,1H3,(H,28,29). The Morgan fingerprint density at radius 2 is 1.97 bits per heavy atom. The lowest BCUT2D eigenvalue weighted by Crippen LogP contribution is -2.40. The molecule has 1 aromatic carbocycles. The summed E-state index contributed by atoms with van der Waals surface area (Å²) < 4.78 is 1.68. The van der Waals surface area contributed by atoms with Crippen LogP contribution < -0.4 is 0 Å². The fourth-order valence-corrected chi connectivity index (χ4v) is 4.58. The maximum Gasteiger partial charge on any atom is 0.307 e.